The Morgan fingerprint density at radius 3 is 2.92 bits per heavy atom. The van der Waals surface area contributed by atoms with E-state index in [0.717, 1.165) is 24.6 Å². The molecule has 1 amide bonds. The number of halogens is 5. The van der Waals surface area contributed by atoms with Crippen molar-refractivity contribution < 1.29 is 18.0 Å². The number of aromatic nitrogens is 2. The second-order valence-electron chi connectivity index (χ2n) is 8.40. The molecule has 1 aliphatic heterocycles. The van der Waals surface area contributed by atoms with Gasteiger partial charge in [-0.1, -0.05) is 34.2 Å². The minimum absolute atomic E-state index is 0.00846. The van der Waals surface area contributed by atoms with Crippen LogP contribution in [0.2, 0.25) is 5.02 Å². The number of nitrogens with two attached hydrogens (primary N) is 1. The lowest BCUT2D eigenvalue weighted by Gasteiger charge is -2.33. The van der Waals surface area contributed by atoms with Crippen molar-refractivity contribution in [1.29, 1.82) is 0 Å². The zero-order valence-corrected chi connectivity index (χ0v) is 21.9. The van der Waals surface area contributed by atoms with Crippen molar-refractivity contribution in [3.63, 3.8) is 0 Å². The van der Waals surface area contributed by atoms with Crippen molar-refractivity contribution in [2.75, 3.05) is 24.1 Å². The summed E-state index contributed by atoms with van der Waals surface area (Å²) in [4.78, 5) is 25.8. The van der Waals surface area contributed by atoms with E-state index in [1.54, 1.807) is 12.3 Å². The van der Waals surface area contributed by atoms with Crippen LogP contribution in [-0.4, -0.2) is 50.7 Å². The van der Waals surface area contributed by atoms with Crippen molar-refractivity contribution >= 4 is 57.0 Å². The zero-order valence-electron chi connectivity index (χ0n) is 19.0. The Balaban J connectivity index is 1.47. The second kappa shape index (κ2) is 11.5. The van der Waals surface area contributed by atoms with Gasteiger partial charge < -0.3 is 20.9 Å². The lowest BCUT2D eigenvalue weighted by Crippen LogP contribution is -2.43. The monoisotopic (exact) mass is 630 g/mol. The number of alkyl halides is 1. The highest BCUT2D eigenvalue weighted by Crippen LogP contribution is 2.23. The number of nitrogens with zero attached hydrogens (tertiary/aromatic N) is 3. The zero-order chi connectivity index (χ0) is 25.8. The van der Waals surface area contributed by atoms with E-state index in [9.17, 15) is 18.0 Å². The van der Waals surface area contributed by atoms with E-state index in [0.29, 0.717) is 47.7 Å². The topological polar surface area (TPSA) is 99.4 Å². The molecule has 4 N–H and O–H groups in total. The third-order valence-corrected chi connectivity index (χ3v) is 6.78. The minimum Gasteiger partial charge on any atom is -0.383 e. The maximum atomic E-state index is 14.7. The van der Waals surface area contributed by atoms with Gasteiger partial charge in [-0.05, 0) is 43.0 Å². The predicted octanol–water partition coefficient (Wildman–Crippen LogP) is 4.92. The quantitative estimate of drug-likeness (QED) is 0.150. The summed E-state index contributed by atoms with van der Waals surface area (Å²) in [5, 5.41) is 4.11. The van der Waals surface area contributed by atoms with Crippen LogP contribution in [0.25, 0.3) is 11.0 Å². The van der Waals surface area contributed by atoms with E-state index in [2.05, 4.69) is 20.3 Å². The van der Waals surface area contributed by atoms with E-state index in [4.69, 9.17) is 17.3 Å². The van der Waals surface area contributed by atoms with Gasteiger partial charge >= 0.3 is 0 Å². The standard InChI is InChI=1S/C24H23ClF3IN6O/c25-14-6-16-18(11-33-22(16)32-10-14)21(30)34-23(20(28)8-29)31-9-13-2-1-5-35(12-13)24(36)17-7-15(26)3-4-19(17)27/h3-4,6-7,10-11,13,31H,1-2,5,8-9,12H2,(H2,30,34)(H,32,33)/b23-20+. The van der Waals surface area contributed by atoms with Gasteiger partial charge in [0, 0.05) is 43.0 Å². The SMILES string of the molecule is N/C(=N\C(NCC1CCCN(C(=O)c2cc(F)ccc2F)C1)=C(\F)CI)c1c[nH]c2ncc(Cl)cc12. The van der Waals surface area contributed by atoms with E-state index in [-0.39, 0.29) is 27.6 Å². The number of benzene rings is 1. The van der Waals surface area contributed by atoms with E-state index in [1.165, 1.54) is 11.1 Å². The minimum atomic E-state index is -0.769. The van der Waals surface area contributed by atoms with Crippen molar-refractivity contribution in [2.24, 2.45) is 16.6 Å². The van der Waals surface area contributed by atoms with Gasteiger partial charge in [0.15, 0.2) is 11.6 Å². The molecule has 0 aliphatic carbocycles. The number of hydrogen-bond acceptors (Lipinski definition) is 4. The van der Waals surface area contributed by atoms with Crippen LogP contribution < -0.4 is 11.1 Å². The summed E-state index contributed by atoms with van der Waals surface area (Å²) in [5.41, 5.74) is 7.01. The number of likely N-dealkylation sites (tertiary alicyclic amines) is 1. The Hall–Kier alpha value is -2.80. The summed E-state index contributed by atoms with van der Waals surface area (Å²) in [6, 6.07) is 4.51. The number of nitrogens with one attached hydrogen (secondary N) is 2. The third-order valence-electron chi connectivity index (χ3n) is 5.90. The van der Waals surface area contributed by atoms with Crippen LogP contribution in [0.1, 0.15) is 28.8 Å². The lowest BCUT2D eigenvalue weighted by atomic mass is 9.97. The summed E-state index contributed by atoms with van der Waals surface area (Å²) in [6.45, 7) is 1.05. The van der Waals surface area contributed by atoms with Crippen LogP contribution >= 0.6 is 34.2 Å². The first kappa shape index (κ1) is 26.3. The van der Waals surface area contributed by atoms with Gasteiger partial charge in [0.05, 0.1) is 15.0 Å². The van der Waals surface area contributed by atoms with Gasteiger partial charge in [-0.25, -0.2) is 23.1 Å². The third kappa shape index (κ3) is 5.94. The number of aromatic amines is 1. The number of hydrogen-bond donors (Lipinski definition) is 3. The molecule has 1 saturated heterocycles. The predicted molar refractivity (Wildman–Crippen MR) is 142 cm³/mol. The molecule has 190 valence electrons. The van der Waals surface area contributed by atoms with Crippen LogP contribution in [0.5, 0.6) is 0 Å². The molecule has 1 atom stereocenters. The van der Waals surface area contributed by atoms with Crippen LogP contribution in [0, 0.1) is 17.6 Å². The molecule has 1 aliphatic rings. The van der Waals surface area contributed by atoms with E-state index >= 15 is 0 Å². The number of fused-ring (bicyclic) bond motifs is 1. The first-order valence-electron chi connectivity index (χ1n) is 11.2. The average Bonchev–Trinajstić information content (AvgIpc) is 3.30. The number of amides is 1. The molecule has 1 unspecified atom stereocenters. The molecule has 0 spiro atoms. The van der Waals surface area contributed by atoms with Gasteiger partial charge in [0.2, 0.25) is 0 Å². The fourth-order valence-corrected chi connectivity index (χ4v) is 4.64. The molecule has 0 saturated carbocycles. The number of carbonyl (C=O) groups is 1. The average molecular weight is 631 g/mol. The Morgan fingerprint density at radius 2 is 2.14 bits per heavy atom. The van der Waals surface area contributed by atoms with E-state index < -0.39 is 23.4 Å². The molecule has 1 fully saturated rings. The van der Waals surface area contributed by atoms with Crippen molar-refractivity contribution in [3.8, 4) is 0 Å². The van der Waals surface area contributed by atoms with Crippen LogP contribution in [0.15, 0.2) is 53.3 Å². The van der Waals surface area contributed by atoms with Crippen molar-refractivity contribution in [1.82, 2.24) is 20.2 Å². The number of allylic oxidation sites excluding steroid dienone is 1. The molecule has 2 aromatic heterocycles. The van der Waals surface area contributed by atoms with Crippen LogP contribution in [-0.2, 0) is 0 Å². The highest BCUT2D eigenvalue weighted by molar-refractivity contribution is 14.1. The Labute approximate surface area is 224 Å². The van der Waals surface area contributed by atoms with Crippen LogP contribution in [0.4, 0.5) is 13.2 Å². The maximum absolute atomic E-state index is 14.7. The summed E-state index contributed by atoms with van der Waals surface area (Å²) >= 11 is 7.94. The Morgan fingerprint density at radius 1 is 1.33 bits per heavy atom. The number of rotatable bonds is 7. The number of pyridine rings is 1. The summed E-state index contributed by atoms with van der Waals surface area (Å²) in [6.07, 6.45) is 4.58. The maximum Gasteiger partial charge on any atom is 0.256 e. The fourth-order valence-electron chi connectivity index (χ4n) is 4.12. The molecule has 1 aromatic carbocycles. The molecule has 7 nitrogen and oxygen atoms in total. The van der Waals surface area contributed by atoms with Gasteiger partial charge in [-0.3, -0.25) is 4.79 Å². The molecule has 4 rings (SSSR count). The Kier molecular flexibility index (Phi) is 8.39. The summed E-state index contributed by atoms with van der Waals surface area (Å²) in [5.74, 6) is -2.48. The molecule has 36 heavy (non-hydrogen) atoms. The summed E-state index contributed by atoms with van der Waals surface area (Å²) < 4.78 is 42.4. The largest absolute Gasteiger partial charge is 0.383 e. The van der Waals surface area contributed by atoms with Gasteiger partial charge in [0.25, 0.3) is 5.91 Å². The molecule has 3 aromatic rings. The lowest BCUT2D eigenvalue weighted by molar-refractivity contribution is 0.0669. The Bertz CT molecular complexity index is 1340. The first-order valence-corrected chi connectivity index (χ1v) is 13.1. The second-order valence-corrected chi connectivity index (χ2v) is 9.60. The molecular weight excluding hydrogens is 608 g/mol. The fraction of sp³-hybridized carbons (Fsp3) is 0.292. The van der Waals surface area contributed by atoms with Crippen molar-refractivity contribution in [2.45, 2.75) is 12.8 Å². The highest BCUT2D eigenvalue weighted by Gasteiger charge is 2.27. The van der Waals surface area contributed by atoms with Gasteiger partial charge in [-0.15, -0.1) is 0 Å². The molecule has 12 heteroatoms. The molecule has 3 heterocycles. The number of amidine groups is 1. The van der Waals surface area contributed by atoms with Gasteiger partial charge in [0.1, 0.15) is 23.1 Å². The number of carbonyl (C=O) groups excluding carboxylic acids is 1. The molecule has 0 radical (unpaired) electrons. The summed E-state index contributed by atoms with van der Waals surface area (Å²) in [7, 11) is 0. The highest BCUT2D eigenvalue weighted by atomic mass is 127. The number of H-pyrrole nitrogens is 1. The number of piperidine rings is 1. The molecular formula is C24H23ClF3IN6O. The first-order chi connectivity index (χ1) is 17.3. The molecule has 0 bridgehead atoms. The normalized spacial score (nSPS) is 17.3. The van der Waals surface area contributed by atoms with Crippen molar-refractivity contribution in [3.05, 3.63) is 76.1 Å². The smallest absolute Gasteiger partial charge is 0.256 e. The number of aliphatic imine (C=N–C) groups is 1. The van der Waals surface area contributed by atoms with Gasteiger partial charge in [-0.2, -0.15) is 0 Å². The van der Waals surface area contributed by atoms with E-state index in [1.807, 2.05) is 22.6 Å². The van der Waals surface area contributed by atoms with Crippen LogP contribution in [0.3, 0.4) is 0 Å².